The van der Waals surface area contributed by atoms with Gasteiger partial charge in [-0.25, -0.2) is 0 Å². The van der Waals surface area contributed by atoms with Gasteiger partial charge in [-0.05, 0) is 48.5 Å². The maximum absolute atomic E-state index is 4.19. The van der Waals surface area contributed by atoms with Crippen LogP contribution >= 0.6 is 0 Å². The van der Waals surface area contributed by atoms with Gasteiger partial charge in [0.25, 0.3) is 0 Å². The Bertz CT molecular complexity index is 692. The van der Waals surface area contributed by atoms with Crippen LogP contribution in [-0.2, 0) is 19.5 Å². The first-order chi connectivity index (χ1) is 11.9. The number of hydrogen-bond acceptors (Lipinski definition) is 4. The van der Waals surface area contributed by atoms with Crippen molar-refractivity contribution in [1.29, 1.82) is 0 Å². The van der Waals surface area contributed by atoms with Crippen LogP contribution in [0, 0.1) is 0 Å². The topological polar surface area (TPSA) is 51.6 Å². The summed E-state index contributed by atoms with van der Waals surface area (Å²) in [5.41, 5.74) is 3.66. The van der Waals surface area contributed by atoms with Crippen molar-refractivity contribution in [2.24, 2.45) is 0 Å². The van der Waals surface area contributed by atoms with Crippen LogP contribution in [0.5, 0.6) is 0 Å². The van der Waals surface area contributed by atoms with Gasteiger partial charge in [-0.3, -0.25) is 19.9 Å². The van der Waals surface area contributed by atoms with Gasteiger partial charge in [0.1, 0.15) is 0 Å². The molecule has 4 rings (SSSR count). The zero-order chi connectivity index (χ0) is 16.5. The summed E-state index contributed by atoms with van der Waals surface area (Å²) in [6.07, 6.45) is 7.07. The summed E-state index contributed by atoms with van der Waals surface area (Å²) in [6.45, 7) is 0. The molecule has 0 aliphatic rings. The Morgan fingerprint density at radius 3 is 0.760 bits per heavy atom. The standard InChI is InChI=1S/2C10H8N2.Zn/c2*1-3-7-11-9(5-1)10-6-2-4-8-12-10;/h2*1-8H;. The molecule has 0 radical (unpaired) electrons. The van der Waals surface area contributed by atoms with Gasteiger partial charge in [-0.1, -0.05) is 24.3 Å². The van der Waals surface area contributed by atoms with Crippen LogP contribution in [0.3, 0.4) is 0 Å². The molecule has 4 nitrogen and oxygen atoms in total. The summed E-state index contributed by atoms with van der Waals surface area (Å²) in [7, 11) is 0. The van der Waals surface area contributed by atoms with Gasteiger partial charge in [0.15, 0.2) is 0 Å². The van der Waals surface area contributed by atoms with E-state index in [1.54, 1.807) is 24.8 Å². The van der Waals surface area contributed by atoms with E-state index in [9.17, 15) is 0 Å². The molecule has 0 fully saturated rings. The molecule has 4 aromatic rings. The molecule has 0 amide bonds. The van der Waals surface area contributed by atoms with Crippen molar-refractivity contribution >= 4 is 0 Å². The Hall–Kier alpha value is -2.78. The van der Waals surface area contributed by atoms with Crippen molar-refractivity contribution in [3.05, 3.63) is 97.6 Å². The second kappa shape index (κ2) is 10.2. The Balaban J connectivity index is 0.000000173. The van der Waals surface area contributed by atoms with Gasteiger partial charge < -0.3 is 0 Å². The average Bonchev–Trinajstić information content (AvgIpc) is 2.71. The van der Waals surface area contributed by atoms with E-state index in [1.807, 2.05) is 72.8 Å². The first kappa shape index (κ1) is 18.6. The predicted octanol–water partition coefficient (Wildman–Crippen LogP) is 4.28. The summed E-state index contributed by atoms with van der Waals surface area (Å²) >= 11 is 0. The van der Waals surface area contributed by atoms with E-state index in [0.717, 1.165) is 22.8 Å². The molecular formula is C20H16N4Zn. The molecule has 0 saturated carbocycles. The quantitative estimate of drug-likeness (QED) is 0.489. The van der Waals surface area contributed by atoms with Gasteiger partial charge >= 0.3 is 0 Å². The van der Waals surface area contributed by atoms with Crippen LogP contribution in [0.2, 0.25) is 0 Å². The predicted molar refractivity (Wildman–Crippen MR) is 94.9 cm³/mol. The maximum atomic E-state index is 4.19. The van der Waals surface area contributed by atoms with Crippen LogP contribution in [0.4, 0.5) is 0 Å². The number of pyridine rings is 4. The van der Waals surface area contributed by atoms with Gasteiger partial charge in [0, 0.05) is 44.3 Å². The molecule has 4 aromatic heterocycles. The molecule has 0 bridgehead atoms. The number of hydrogen-bond donors (Lipinski definition) is 0. The minimum absolute atomic E-state index is 0. The van der Waals surface area contributed by atoms with Crippen molar-refractivity contribution in [1.82, 2.24) is 19.9 Å². The minimum atomic E-state index is 0. The van der Waals surface area contributed by atoms with Crippen molar-refractivity contribution in [2.75, 3.05) is 0 Å². The van der Waals surface area contributed by atoms with Crippen LogP contribution in [0.1, 0.15) is 0 Å². The van der Waals surface area contributed by atoms with E-state index >= 15 is 0 Å². The molecule has 5 heteroatoms. The molecule has 0 unspecified atom stereocenters. The number of aromatic nitrogens is 4. The zero-order valence-electron chi connectivity index (χ0n) is 13.7. The first-order valence-electron chi connectivity index (χ1n) is 7.58. The molecule has 0 N–H and O–H groups in total. The Labute approximate surface area is 159 Å². The van der Waals surface area contributed by atoms with Gasteiger partial charge in [-0.15, -0.1) is 0 Å². The van der Waals surface area contributed by atoms with E-state index in [0.29, 0.717) is 0 Å². The Morgan fingerprint density at radius 2 is 0.600 bits per heavy atom. The molecule has 118 valence electrons. The fourth-order valence-corrected chi connectivity index (χ4v) is 2.06. The fourth-order valence-electron chi connectivity index (χ4n) is 2.06. The molecular weight excluding hydrogens is 362 g/mol. The van der Waals surface area contributed by atoms with Crippen LogP contribution in [-0.4, -0.2) is 19.9 Å². The van der Waals surface area contributed by atoms with E-state index in [-0.39, 0.29) is 19.5 Å². The molecule has 0 saturated heterocycles. The average molecular weight is 378 g/mol. The van der Waals surface area contributed by atoms with Crippen molar-refractivity contribution in [3.8, 4) is 22.8 Å². The summed E-state index contributed by atoms with van der Waals surface area (Å²) in [6, 6.07) is 23.2. The third-order valence-electron chi connectivity index (χ3n) is 3.18. The third-order valence-corrected chi connectivity index (χ3v) is 3.18. The first-order valence-corrected chi connectivity index (χ1v) is 7.58. The van der Waals surface area contributed by atoms with Crippen molar-refractivity contribution < 1.29 is 19.5 Å². The smallest absolute Gasteiger partial charge is 0.0886 e. The summed E-state index contributed by atoms with van der Waals surface area (Å²) in [5.74, 6) is 0. The van der Waals surface area contributed by atoms with Crippen LogP contribution in [0.25, 0.3) is 22.8 Å². The number of rotatable bonds is 2. The number of nitrogens with zero attached hydrogens (tertiary/aromatic N) is 4. The van der Waals surface area contributed by atoms with Gasteiger partial charge in [0.2, 0.25) is 0 Å². The van der Waals surface area contributed by atoms with Gasteiger partial charge in [0.05, 0.1) is 22.8 Å². The fraction of sp³-hybridized carbons (Fsp3) is 0. The molecule has 0 spiro atoms. The summed E-state index contributed by atoms with van der Waals surface area (Å²) < 4.78 is 0. The van der Waals surface area contributed by atoms with Crippen LogP contribution < -0.4 is 0 Å². The largest absolute Gasteiger partial charge is 0.255 e. The third kappa shape index (κ3) is 5.66. The Morgan fingerprint density at radius 1 is 0.360 bits per heavy atom. The molecule has 0 atom stereocenters. The van der Waals surface area contributed by atoms with Crippen molar-refractivity contribution in [3.63, 3.8) is 0 Å². The summed E-state index contributed by atoms with van der Waals surface area (Å²) in [5, 5.41) is 0. The van der Waals surface area contributed by atoms with Crippen LogP contribution in [0.15, 0.2) is 97.6 Å². The zero-order valence-corrected chi connectivity index (χ0v) is 16.7. The van der Waals surface area contributed by atoms with Gasteiger partial charge in [-0.2, -0.15) is 0 Å². The minimum Gasteiger partial charge on any atom is -0.255 e. The SMILES string of the molecule is [Zn].c1ccc(-c2ccccn2)nc1.c1ccc(-c2ccccn2)nc1. The molecule has 0 aliphatic heterocycles. The summed E-state index contributed by atoms with van der Waals surface area (Å²) in [4.78, 5) is 16.7. The molecule has 0 aliphatic carbocycles. The Kier molecular flexibility index (Phi) is 7.55. The van der Waals surface area contributed by atoms with E-state index in [1.165, 1.54) is 0 Å². The molecule has 4 heterocycles. The second-order valence-electron chi connectivity index (χ2n) is 4.86. The van der Waals surface area contributed by atoms with E-state index in [4.69, 9.17) is 0 Å². The monoisotopic (exact) mass is 376 g/mol. The normalized spacial score (nSPS) is 9.28. The van der Waals surface area contributed by atoms with E-state index < -0.39 is 0 Å². The molecule has 0 aromatic carbocycles. The molecule has 25 heavy (non-hydrogen) atoms. The second-order valence-corrected chi connectivity index (χ2v) is 4.86. The maximum Gasteiger partial charge on any atom is 0.0886 e. The van der Waals surface area contributed by atoms with E-state index in [2.05, 4.69) is 19.9 Å². The van der Waals surface area contributed by atoms with Crippen molar-refractivity contribution in [2.45, 2.75) is 0 Å².